The molecule has 2 N–H and O–H groups in total. The van der Waals surface area contributed by atoms with Crippen molar-refractivity contribution in [2.24, 2.45) is 5.41 Å². The Labute approximate surface area is 129 Å². The summed E-state index contributed by atoms with van der Waals surface area (Å²) in [4.78, 5) is 34.5. The molecule has 0 aromatic heterocycles. The van der Waals surface area contributed by atoms with Crippen molar-refractivity contribution in [2.45, 2.75) is 33.2 Å². The normalized spacial score (nSPS) is 12.3. The number of hydrogen-bond donors (Lipinski definition) is 2. The highest BCUT2D eigenvalue weighted by molar-refractivity contribution is 5.89. The van der Waals surface area contributed by atoms with Gasteiger partial charge in [0.2, 0.25) is 11.8 Å². The van der Waals surface area contributed by atoms with Crippen molar-refractivity contribution in [1.82, 2.24) is 10.6 Å². The fourth-order valence-corrected chi connectivity index (χ4v) is 1.71. The van der Waals surface area contributed by atoms with E-state index in [1.165, 1.54) is 0 Å². The van der Waals surface area contributed by atoms with Crippen molar-refractivity contribution in [3.05, 3.63) is 35.9 Å². The second kappa shape index (κ2) is 7.59. The van der Waals surface area contributed by atoms with E-state index in [9.17, 15) is 19.5 Å². The number of carbonyl (C=O) groups is 3. The third kappa shape index (κ3) is 5.95. The van der Waals surface area contributed by atoms with E-state index in [-0.39, 0.29) is 18.9 Å². The summed E-state index contributed by atoms with van der Waals surface area (Å²) in [5, 5.41) is 15.9. The first-order valence-corrected chi connectivity index (χ1v) is 7.02. The molecule has 120 valence electrons. The van der Waals surface area contributed by atoms with Crippen LogP contribution in [-0.4, -0.2) is 30.4 Å². The number of carboxylic acids is 1. The predicted molar refractivity (Wildman–Crippen MR) is 79.5 cm³/mol. The Hall–Kier alpha value is -2.37. The van der Waals surface area contributed by atoms with E-state index in [4.69, 9.17) is 0 Å². The molecule has 1 aromatic carbocycles. The number of benzene rings is 1. The first-order valence-electron chi connectivity index (χ1n) is 7.02. The van der Waals surface area contributed by atoms with Gasteiger partial charge < -0.3 is 20.5 Å². The number of carboxylic acid groups (broad SMARTS) is 1. The molecule has 1 rings (SSSR count). The zero-order valence-electron chi connectivity index (χ0n) is 13.0. The van der Waals surface area contributed by atoms with Crippen LogP contribution < -0.4 is 15.7 Å². The van der Waals surface area contributed by atoms with E-state index >= 15 is 0 Å². The average Bonchev–Trinajstić information content (AvgIpc) is 2.44. The molecular formula is C16H21N2O4-. The summed E-state index contributed by atoms with van der Waals surface area (Å²) in [7, 11) is 0. The zero-order chi connectivity index (χ0) is 16.8. The molecule has 1 atom stereocenters. The summed E-state index contributed by atoms with van der Waals surface area (Å²) in [5.74, 6) is -2.21. The third-order valence-corrected chi connectivity index (χ3v) is 2.99. The minimum atomic E-state index is -1.36. The van der Waals surface area contributed by atoms with Crippen LogP contribution in [0, 0.1) is 5.41 Å². The largest absolute Gasteiger partial charge is 0.548 e. The SMILES string of the molecule is CC(C)(C)C(=O)NCC(=O)N[C@@H](Cc1ccccc1)C(=O)[O-]. The first kappa shape index (κ1) is 17.7. The highest BCUT2D eigenvalue weighted by Crippen LogP contribution is 2.11. The molecule has 0 aliphatic rings. The van der Waals surface area contributed by atoms with Crippen LogP contribution in [0.5, 0.6) is 0 Å². The summed E-state index contributed by atoms with van der Waals surface area (Å²) in [5.41, 5.74) is 0.161. The zero-order valence-corrected chi connectivity index (χ0v) is 13.0. The molecule has 6 heteroatoms. The minimum Gasteiger partial charge on any atom is -0.548 e. The number of amides is 2. The molecule has 0 bridgehead atoms. The molecule has 0 fully saturated rings. The lowest BCUT2D eigenvalue weighted by Gasteiger charge is -2.21. The number of hydrogen-bond acceptors (Lipinski definition) is 4. The molecule has 0 unspecified atom stereocenters. The highest BCUT2D eigenvalue weighted by Gasteiger charge is 2.22. The molecule has 1 aromatic rings. The van der Waals surface area contributed by atoms with Gasteiger partial charge in [0.25, 0.3) is 0 Å². The van der Waals surface area contributed by atoms with E-state index in [1.54, 1.807) is 45.0 Å². The molecule has 0 aliphatic heterocycles. The Morgan fingerprint density at radius 2 is 1.73 bits per heavy atom. The lowest BCUT2D eigenvalue weighted by atomic mass is 9.96. The fraction of sp³-hybridized carbons (Fsp3) is 0.438. The smallest absolute Gasteiger partial charge is 0.239 e. The van der Waals surface area contributed by atoms with Crippen LogP contribution >= 0.6 is 0 Å². The van der Waals surface area contributed by atoms with E-state index in [2.05, 4.69) is 10.6 Å². The lowest BCUT2D eigenvalue weighted by Crippen LogP contribution is -2.52. The maximum absolute atomic E-state index is 11.8. The van der Waals surface area contributed by atoms with Crippen molar-refractivity contribution < 1.29 is 19.5 Å². The Bertz CT molecular complexity index is 535. The van der Waals surface area contributed by atoms with E-state index in [0.717, 1.165) is 5.56 Å². The van der Waals surface area contributed by atoms with Gasteiger partial charge in [-0.05, 0) is 12.0 Å². The van der Waals surface area contributed by atoms with Gasteiger partial charge in [-0.2, -0.15) is 0 Å². The third-order valence-electron chi connectivity index (χ3n) is 2.99. The van der Waals surface area contributed by atoms with Gasteiger partial charge in [-0.1, -0.05) is 51.1 Å². The predicted octanol–water partition coefficient (Wildman–Crippen LogP) is -0.374. The average molecular weight is 305 g/mol. The molecule has 0 radical (unpaired) electrons. The van der Waals surface area contributed by atoms with Crippen LogP contribution in [0.3, 0.4) is 0 Å². The van der Waals surface area contributed by atoms with Gasteiger partial charge in [-0.15, -0.1) is 0 Å². The summed E-state index contributed by atoms with van der Waals surface area (Å²) in [6.45, 7) is 4.90. The van der Waals surface area contributed by atoms with Crippen LogP contribution in [0.15, 0.2) is 30.3 Å². The van der Waals surface area contributed by atoms with Gasteiger partial charge in [0, 0.05) is 5.41 Å². The first-order chi connectivity index (χ1) is 10.2. The molecule has 0 heterocycles. The molecule has 0 aliphatic carbocycles. The topological polar surface area (TPSA) is 98.3 Å². The fourth-order valence-electron chi connectivity index (χ4n) is 1.71. The van der Waals surface area contributed by atoms with Crippen LogP contribution in [0.2, 0.25) is 0 Å². The summed E-state index contributed by atoms with van der Waals surface area (Å²) in [6.07, 6.45) is 0.127. The molecule has 2 amide bonds. The molecule has 0 saturated heterocycles. The summed E-state index contributed by atoms with van der Waals surface area (Å²) < 4.78 is 0. The van der Waals surface area contributed by atoms with Crippen molar-refractivity contribution in [2.75, 3.05) is 6.54 Å². The molecule has 0 spiro atoms. The second-order valence-corrected chi connectivity index (χ2v) is 6.06. The van der Waals surface area contributed by atoms with Gasteiger partial charge in [0.05, 0.1) is 18.6 Å². The van der Waals surface area contributed by atoms with Crippen molar-refractivity contribution in [1.29, 1.82) is 0 Å². The van der Waals surface area contributed by atoms with Gasteiger partial charge >= 0.3 is 0 Å². The lowest BCUT2D eigenvalue weighted by molar-refractivity contribution is -0.308. The van der Waals surface area contributed by atoms with Crippen LogP contribution in [0.25, 0.3) is 0 Å². The summed E-state index contributed by atoms with van der Waals surface area (Å²) >= 11 is 0. The second-order valence-electron chi connectivity index (χ2n) is 6.06. The monoisotopic (exact) mass is 305 g/mol. The van der Waals surface area contributed by atoms with Gasteiger partial charge in [0.1, 0.15) is 0 Å². The Balaban J connectivity index is 2.55. The summed E-state index contributed by atoms with van der Waals surface area (Å²) in [6, 6.07) is 7.78. The van der Waals surface area contributed by atoms with E-state index in [0.29, 0.717) is 0 Å². The van der Waals surface area contributed by atoms with Crippen molar-refractivity contribution >= 4 is 17.8 Å². The number of aliphatic carboxylic acids is 1. The molecular weight excluding hydrogens is 284 g/mol. The maximum Gasteiger partial charge on any atom is 0.239 e. The minimum absolute atomic E-state index is 0.127. The van der Waals surface area contributed by atoms with E-state index < -0.39 is 23.3 Å². The van der Waals surface area contributed by atoms with Crippen LogP contribution in [-0.2, 0) is 20.8 Å². The van der Waals surface area contributed by atoms with Crippen LogP contribution in [0.1, 0.15) is 26.3 Å². The van der Waals surface area contributed by atoms with Gasteiger partial charge in [0.15, 0.2) is 0 Å². The Kier molecular flexibility index (Phi) is 6.10. The molecule has 6 nitrogen and oxygen atoms in total. The highest BCUT2D eigenvalue weighted by atomic mass is 16.4. The van der Waals surface area contributed by atoms with E-state index in [1.807, 2.05) is 6.07 Å². The van der Waals surface area contributed by atoms with Gasteiger partial charge in [-0.25, -0.2) is 0 Å². The maximum atomic E-state index is 11.8. The number of rotatable bonds is 6. The number of nitrogens with one attached hydrogen (secondary N) is 2. The van der Waals surface area contributed by atoms with Crippen molar-refractivity contribution in [3.8, 4) is 0 Å². The molecule has 22 heavy (non-hydrogen) atoms. The Morgan fingerprint density at radius 1 is 1.14 bits per heavy atom. The quantitative estimate of drug-likeness (QED) is 0.749. The standard InChI is InChI=1S/C16H22N2O4/c1-16(2,3)15(22)17-10-13(19)18-12(14(20)21)9-11-7-5-4-6-8-11/h4-8,12H,9-10H2,1-3H3,(H,17,22)(H,18,19)(H,20,21)/p-1/t12-/m0/s1. The Morgan fingerprint density at radius 3 is 2.23 bits per heavy atom. The molecule has 0 saturated carbocycles. The number of carbonyl (C=O) groups excluding carboxylic acids is 3. The van der Waals surface area contributed by atoms with Crippen molar-refractivity contribution in [3.63, 3.8) is 0 Å². The van der Waals surface area contributed by atoms with Gasteiger partial charge in [-0.3, -0.25) is 9.59 Å². The van der Waals surface area contributed by atoms with Crippen LogP contribution in [0.4, 0.5) is 0 Å².